The van der Waals surface area contributed by atoms with Crippen molar-refractivity contribution in [2.75, 3.05) is 19.6 Å². The van der Waals surface area contributed by atoms with Gasteiger partial charge >= 0.3 is 0 Å². The third-order valence-corrected chi connectivity index (χ3v) is 4.08. The lowest BCUT2D eigenvalue weighted by Gasteiger charge is -2.33. The molecule has 90 valence electrons. The van der Waals surface area contributed by atoms with E-state index in [2.05, 4.69) is 26.7 Å². The van der Waals surface area contributed by atoms with Crippen molar-refractivity contribution in [3.63, 3.8) is 0 Å². The summed E-state index contributed by atoms with van der Waals surface area (Å²) in [5, 5.41) is 7.46. The van der Waals surface area contributed by atoms with Crippen molar-refractivity contribution in [1.29, 1.82) is 0 Å². The quantitative estimate of drug-likeness (QED) is 0.896. The second-order valence-electron chi connectivity index (χ2n) is 4.04. The molecule has 0 aromatic carbocycles. The average Bonchev–Trinajstić information content (AvgIpc) is 2.73. The van der Waals surface area contributed by atoms with Crippen molar-refractivity contribution in [3.8, 4) is 0 Å². The minimum atomic E-state index is 0.656. The number of aromatic nitrogens is 2. The van der Waals surface area contributed by atoms with E-state index in [1.165, 1.54) is 24.4 Å². The van der Waals surface area contributed by atoms with Crippen molar-refractivity contribution >= 4 is 23.1 Å². The van der Waals surface area contributed by atoms with Gasteiger partial charge in [0.05, 0.1) is 0 Å². The van der Waals surface area contributed by atoms with Gasteiger partial charge in [0.1, 0.15) is 10.0 Å². The highest BCUT2D eigenvalue weighted by atomic mass is 35.5. The van der Waals surface area contributed by atoms with E-state index in [1.54, 1.807) is 0 Å². The third kappa shape index (κ3) is 2.91. The average molecular weight is 261 g/mol. The first-order chi connectivity index (χ1) is 7.81. The molecule has 1 aliphatic rings. The van der Waals surface area contributed by atoms with Crippen LogP contribution in [0.1, 0.15) is 25.5 Å². The van der Waals surface area contributed by atoms with E-state index >= 15 is 0 Å². The molecule has 2 rings (SSSR count). The molecule has 0 atom stereocenters. The highest BCUT2D eigenvalue weighted by Gasteiger charge is 2.21. The molecule has 2 heterocycles. The van der Waals surface area contributed by atoms with Crippen LogP contribution in [-0.2, 0) is 6.54 Å². The summed E-state index contributed by atoms with van der Waals surface area (Å²) in [5.74, 6) is 0. The summed E-state index contributed by atoms with van der Waals surface area (Å²) in [6, 6.07) is 0.656. The van der Waals surface area contributed by atoms with Crippen LogP contribution in [0.5, 0.6) is 0 Å². The molecule has 1 saturated heterocycles. The van der Waals surface area contributed by atoms with Gasteiger partial charge in [0.2, 0.25) is 0 Å². The first kappa shape index (κ1) is 12.2. The topological polar surface area (TPSA) is 41.1 Å². The molecule has 1 aromatic rings. The Morgan fingerprint density at radius 3 is 2.81 bits per heavy atom. The molecule has 1 aliphatic heterocycles. The van der Waals surface area contributed by atoms with Crippen LogP contribution in [0.3, 0.4) is 0 Å². The van der Waals surface area contributed by atoms with Gasteiger partial charge in [-0.25, -0.2) is 0 Å². The molecular formula is C10H17ClN4S. The van der Waals surface area contributed by atoms with Crippen molar-refractivity contribution in [1.82, 2.24) is 19.8 Å². The predicted octanol–water partition coefficient (Wildman–Crippen LogP) is 1.77. The monoisotopic (exact) mass is 260 g/mol. The maximum atomic E-state index is 6.03. The molecule has 0 bridgehead atoms. The lowest BCUT2D eigenvalue weighted by Crippen LogP contribution is -2.42. The normalized spacial score (nSPS) is 18.2. The van der Waals surface area contributed by atoms with E-state index in [0.717, 1.165) is 36.2 Å². The van der Waals surface area contributed by atoms with Gasteiger partial charge in [-0.3, -0.25) is 4.90 Å². The van der Waals surface area contributed by atoms with Crippen LogP contribution in [-0.4, -0.2) is 40.2 Å². The van der Waals surface area contributed by atoms with E-state index in [0.29, 0.717) is 6.04 Å². The Morgan fingerprint density at radius 2 is 2.25 bits per heavy atom. The summed E-state index contributed by atoms with van der Waals surface area (Å²) < 4.78 is 4.60. The van der Waals surface area contributed by atoms with Crippen LogP contribution in [0, 0.1) is 0 Å². The van der Waals surface area contributed by atoms with Crippen LogP contribution in [0.2, 0.25) is 4.34 Å². The lowest BCUT2D eigenvalue weighted by atomic mass is 10.0. The molecule has 0 aliphatic carbocycles. The van der Waals surface area contributed by atoms with Crippen LogP contribution >= 0.6 is 23.1 Å². The molecule has 0 radical (unpaired) electrons. The zero-order valence-corrected chi connectivity index (χ0v) is 11.0. The fraction of sp³-hybridized carbons (Fsp3) is 0.800. The van der Waals surface area contributed by atoms with Gasteiger partial charge in [-0.2, -0.15) is 0 Å². The maximum absolute atomic E-state index is 6.03. The summed E-state index contributed by atoms with van der Waals surface area (Å²) >= 11 is 7.30. The molecule has 0 spiro atoms. The van der Waals surface area contributed by atoms with E-state index < -0.39 is 0 Å². The number of piperidine rings is 1. The zero-order valence-electron chi connectivity index (χ0n) is 9.45. The minimum absolute atomic E-state index is 0.656. The van der Waals surface area contributed by atoms with E-state index in [1.807, 2.05) is 0 Å². The summed E-state index contributed by atoms with van der Waals surface area (Å²) in [6.07, 6.45) is 2.42. The van der Waals surface area contributed by atoms with Crippen molar-refractivity contribution < 1.29 is 0 Å². The van der Waals surface area contributed by atoms with E-state index in [4.69, 9.17) is 11.6 Å². The molecule has 4 nitrogen and oxygen atoms in total. The Kier molecular flexibility index (Phi) is 4.52. The zero-order chi connectivity index (χ0) is 11.4. The lowest BCUT2D eigenvalue weighted by molar-refractivity contribution is 0.160. The number of nitrogens with one attached hydrogen (secondary N) is 1. The number of rotatable bonds is 4. The van der Waals surface area contributed by atoms with Gasteiger partial charge in [0.15, 0.2) is 0 Å². The van der Waals surface area contributed by atoms with Crippen LogP contribution in [0.25, 0.3) is 0 Å². The van der Waals surface area contributed by atoms with Crippen LogP contribution in [0.15, 0.2) is 0 Å². The Labute approximate surface area is 105 Å². The van der Waals surface area contributed by atoms with Crippen molar-refractivity contribution in [2.24, 2.45) is 0 Å². The highest BCUT2D eigenvalue weighted by molar-refractivity contribution is 7.10. The minimum Gasteiger partial charge on any atom is -0.317 e. The molecule has 1 N–H and O–H groups in total. The van der Waals surface area contributed by atoms with Crippen LogP contribution in [0.4, 0.5) is 0 Å². The maximum Gasteiger partial charge on any atom is 0.138 e. The number of nitrogens with zero attached hydrogens (tertiary/aromatic N) is 3. The SMILES string of the molecule is CCN(Cc1nnsc1Cl)C1CCNCC1. The molecule has 1 fully saturated rings. The third-order valence-electron chi connectivity index (χ3n) is 3.09. The number of hydrogen-bond donors (Lipinski definition) is 1. The first-order valence-corrected chi connectivity index (χ1v) is 6.88. The van der Waals surface area contributed by atoms with Gasteiger partial charge in [0.25, 0.3) is 0 Å². The largest absolute Gasteiger partial charge is 0.317 e. The second kappa shape index (κ2) is 5.91. The van der Waals surface area contributed by atoms with Gasteiger partial charge in [-0.05, 0) is 32.5 Å². The fourth-order valence-corrected chi connectivity index (χ4v) is 2.77. The Morgan fingerprint density at radius 1 is 1.50 bits per heavy atom. The second-order valence-corrected chi connectivity index (χ2v) is 5.39. The molecular weight excluding hydrogens is 244 g/mol. The molecule has 0 saturated carbocycles. The standard InChI is InChI=1S/C10H17ClN4S/c1-2-15(8-3-5-12-6-4-8)7-9-10(11)16-14-13-9/h8,12H,2-7H2,1H3. The summed E-state index contributed by atoms with van der Waals surface area (Å²) in [7, 11) is 0. The van der Waals surface area contributed by atoms with E-state index in [9.17, 15) is 0 Å². The summed E-state index contributed by atoms with van der Waals surface area (Å²) in [4.78, 5) is 2.45. The van der Waals surface area contributed by atoms with Gasteiger partial charge < -0.3 is 5.32 Å². The van der Waals surface area contributed by atoms with Crippen molar-refractivity contribution in [3.05, 3.63) is 10.0 Å². The van der Waals surface area contributed by atoms with Gasteiger partial charge in [-0.1, -0.05) is 23.0 Å². The summed E-state index contributed by atoms with van der Waals surface area (Å²) in [5.41, 5.74) is 0.923. The van der Waals surface area contributed by atoms with Gasteiger partial charge in [0, 0.05) is 24.1 Å². The fourth-order valence-electron chi connectivity index (χ4n) is 2.15. The number of halogens is 1. The first-order valence-electron chi connectivity index (χ1n) is 5.72. The Balaban J connectivity index is 1.97. The Bertz CT molecular complexity index is 324. The predicted molar refractivity (Wildman–Crippen MR) is 66.9 cm³/mol. The summed E-state index contributed by atoms with van der Waals surface area (Å²) in [6.45, 7) is 6.29. The van der Waals surface area contributed by atoms with E-state index in [-0.39, 0.29) is 0 Å². The molecule has 1 aromatic heterocycles. The number of hydrogen-bond acceptors (Lipinski definition) is 5. The molecule has 16 heavy (non-hydrogen) atoms. The molecule has 6 heteroatoms. The van der Waals surface area contributed by atoms with Crippen molar-refractivity contribution in [2.45, 2.75) is 32.4 Å². The molecule has 0 amide bonds. The highest BCUT2D eigenvalue weighted by Crippen LogP contribution is 2.21. The molecule has 0 unspecified atom stereocenters. The van der Waals surface area contributed by atoms with Crippen LogP contribution < -0.4 is 5.32 Å². The smallest absolute Gasteiger partial charge is 0.138 e. The Hall–Kier alpha value is -0.230. The van der Waals surface area contributed by atoms with Gasteiger partial charge in [-0.15, -0.1) is 5.10 Å².